The van der Waals surface area contributed by atoms with Crippen LogP contribution in [0.2, 0.25) is 0 Å². The summed E-state index contributed by atoms with van der Waals surface area (Å²) < 4.78 is 9.03. The van der Waals surface area contributed by atoms with Gasteiger partial charge in [0, 0.05) is 28.4 Å². The van der Waals surface area contributed by atoms with Crippen LogP contribution in [0, 0.1) is 0 Å². The van der Waals surface area contributed by atoms with Gasteiger partial charge in [0.25, 0.3) is 0 Å². The van der Waals surface area contributed by atoms with E-state index in [0.717, 1.165) is 47.8 Å². The molecule has 10 heteroatoms. The van der Waals surface area contributed by atoms with Crippen molar-refractivity contribution in [3.05, 3.63) is 52.2 Å². The maximum absolute atomic E-state index is 13.2. The van der Waals surface area contributed by atoms with Crippen LogP contribution in [0.3, 0.4) is 0 Å². The summed E-state index contributed by atoms with van der Waals surface area (Å²) >= 11 is 3.15. The zero-order valence-corrected chi connectivity index (χ0v) is 21.9. The number of carbonyl (C=O) groups is 2. The van der Waals surface area contributed by atoms with Crippen LogP contribution >= 0.6 is 30.0 Å². The molecular weight excluding hydrogens is 487 g/mol. The number of ether oxygens (including phenoxy) is 1. The minimum absolute atomic E-state index is 0.00347. The van der Waals surface area contributed by atoms with E-state index in [-0.39, 0.29) is 24.4 Å². The number of benzene rings is 1. The van der Waals surface area contributed by atoms with Gasteiger partial charge in [-0.25, -0.2) is 4.72 Å². The minimum atomic E-state index is -0.514. The maximum Gasteiger partial charge on any atom is 0.241 e. The molecule has 3 heterocycles. The fourth-order valence-corrected chi connectivity index (χ4v) is 7.57. The van der Waals surface area contributed by atoms with Crippen molar-refractivity contribution < 1.29 is 14.3 Å². The van der Waals surface area contributed by atoms with Gasteiger partial charge in [0.15, 0.2) is 0 Å². The molecule has 0 bridgehead atoms. The number of nitrogens with zero attached hydrogens (tertiary/aromatic N) is 1. The first kappa shape index (κ1) is 25.0. The van der Waals surface area contributed by atoms with Gasteiger partial charge < -0.3 is 20.7 Å². The highest BCUT2D eigenvalue weighted by Crippen LogP contribution is 2.44. The molecule has 2 aliphatic rings. The third-order valence-electron chi connectivity index (χ3n) is 5.92. The molecule has 1 fully saturated rings. The van der Waals surface area contributed by atoms with Crippen LogP contribution in [-0.2, 0) is 22.6 Å². The molecule has 1 aromatic carbocycles. The number of hydrogen-bond donors (Lipinski definition) is 3. The number of likely N-dealkylation sites (tertiary alicyclic amines) is 1. The molecule has 1 saturated heterocycles. The van der Waals surface area contributed by atoms with Crippen LogP contribution in [0.4, 0.5) is 0 Å². The maximum atomic E-state index is 13.2. The molecule has 7 nitrogen and oxygen atoms in total. The summed E-state index contributed by atoms with van der Waals surface area (Å²) in [5, 5.41) is 4.20. The van der Waals surface area contributed by atoms with Gasteiger partial charge in [0.05, 0.1) is 25.7 Å². The number of rotatable bonds is 9. The van der Waals surface area contributed by atoms with Gasteiger partial charge in [-0.15, -0.1) is 11.3 Å². The summed E-state index contributed by atoms with van der Waals surface area (Å²) in [5.74, 6) is 0.840. The van der Waals surface area contributed by atoms with Crippen molar-refractivity contribution in [3.8, 4) is 5.75 Å². The van der Waals surface area contributed by atoms with E-state index in [1.54, 1.807) is 16.5 Å². The van der Waals surface area contributed by atoms with Crippen LogP contribution in [0.1, 0.15) is 34.6 Å². The van der Waals surface area contributed by atoms with Gasteiger partial charge in [0.2, 0.25) is 11.8 Å². The van der Waals surface area contributed by atoms with Crippen molar-refractivity contribution in [1.29, 1.82) is 0 Å². The second-order valence-corrected chi connectivity index (χ2v) is 13.8. The smallest absolute Gasteiger partial charge is 0.241 e. The molecule has 4 rings (SSSR count). The topological polar surface area (TPSA) is 96.7 Å². The second kappa shape index (κ2) is 11.6. The molecule has 2 atom stereocenters. The first-order valence-corrected chi connectivity index (χ1v) is 15.4. The lowest BCUT2D eigenvalue weighted by Gasteiger charge is -2.25. The van der Waals surface area contributed by atoms with Crippen LogP contribution in [0.15, 0.2) is 36.9 Å². The van der Waals surface area contributed by atoms with Gasteiger partial charge in [-0.3, -0.25) is 9.59 Å². The predicted molar refractivity (Wildman–Crippen MR) is 142 cm³/mol. The molecule has 2 aromatic rings. The van der Waals surface area contributed by atoms with E-state index in [4.69, 9.17) is 10.5 Å². The predicted octanol–water partition coefficient (Wildman–Crippen LogP) is 3.20. The van der Waals surface area contributed by atoms with Crippen molar-refractivity contribution in [1.82, 2.24) is 14.9 Å². The van der Waals surface area contributed by atoms with Crippen molar-refractivity contribution in [2.24, 2.45) is 5.73 Å². The van der Waals surface area contributed by atoms with Crippen molar-refractivity contribution in [2.45, 2.75) is 38.3 Å². The summed E-state index contributed by atoms with van der Waals surface area (Å²) in [6.07, 6.45) is 3.60. The first-order valence-electron chi connectivity index (χ1n) is 11.4. The van der Waals surface area contributed by atoms with Gasteiger partial charge in [0.1, 0.15) is 5.75 Å². The van der Waals surface area contributed by atoms with Crippen LogP contribution in [0.5, 0.6) is 5.75 Å². The summed E-state index contributed by atoms with van der Waals surface area (Å²) in [6.45, 7) is 7.80. The van der Waals surface area contributed by atoms with E-state index in [2.05, 4.69) is 41.5 Å². The minimum Gasteiger partial charge on any atom is -0.493 e. The largest absolute Gasteiger partial charge is 0.493 e. The third-order valence-corrected chi connectivity index (χ3v) is 10.5. The Labute approximate surface area is 210 Å². The van der Waals surface area contributed by atoms with E-state index >= 15 is 0 Å². The number of nitrogens with two attached hydrogens (primary N) is 1. The molecule has 4 N–H and O–H groups in total. The van der Waals surface area contributed by atoms with Crippen LogP contribution in [-0.4, -0.2) is 49.1 Å². The third kappa shape index (κ3) is 6.33. The Hall–Kier alpha value is -2.06. The first-order chi connectivity index (χ1) is 16.4. The van der Waals surface area contributed by atoms with E-state index in [1.165, 1.54) is 22.2 Å². The average molecular weight is 519 g/mol. The summed E-state index contributed by atoms with van der Waals surface area (Å²) in [6, 6.07) is 9.96. The van der Waals surface area contributed by atoms with Gasteiger partial charge in [-0.2, -0.15) is 0 Å². The van der Waals surface area contributed by atoms with Crippen molar-refractivity contribution >= 4 is 52.8 Å². The molecule has 2 amide bonds. The molecular formula is C24H31N4O3PS2. The average Bonchev–Trinajstić information content (AvgIpc) is 3.46. The Kier molecular flexibility index (Phi) is 8.53. The molecule has 34 heavy (non-hydrogen) atoms. The van der Waals surface area contributed by atoms with Crippen molar-refractivity contribution in [3.63, 3.8) is 0 Å². The monoisotopic (exact) mass is 518 g/mol. The fraction of sp³-hybridized carbons (Fsp3) is 0.417. The summed E-state index contributed by atoms with van der Waals surface area (Å²) in [5.41, 5.74) is 7.51. The lowest BCUT2D eigenvalue weighted by atomic mass is 10.1. The lowest BCUT2D eigenvalue weighted by molar-refractivity contribution is -0.136. The van der Waals surface area contributed by atoms with Gasteiger partial charge in [-0.05, 0) is 85.8 Å². The second-order valence-electron chi connectivity index (χ2n) is 8.47. The Morgan fingerprint density at radius 1 is 1.35 bits per heavy atom. The Balaban J connectivity index is 1.28. The zero-order chi connectivity index (χ0) is 24.1. The van der Waals surface area contributed by atoms with Crippen LogP contribution < -0.4 is 25.8 Å². The highest BCUT2D eigenvalue weighted by Gasteiger charge is 2.29. The number of nitrogens with one attached hydrogen (secondary N) is 2. The van der Waals surface area contributed by atoms with Crippen LogP contribution in [0.25, 0.3) is 5.70 Å². The Morgan fingerprint density at radius 2 is 2.21 bits per heavy atom. The molecule has 0 spiro atoms. The number of amides is 2. The molecule has 2 unspecified atom stereocenters. The number of carbonyl (C=O) groups excluding carboxylic acids is 2. The quantitative estimate of drug-likeness (QED) is 0.349. The van der Waals surface area contributed by atoms with E-state index < -0.39 is 7.12 Å². The summed E-state index contributed by atoms with van der Waals surface area (Å²) in [7, 11) is -0.514. The van der Waals surface area contributed by atoms with E-state index in [0.29, 0.717) is 18.8 Å². The number of hydrogen-bond acceptors (Lipinski definition) is 7. The SMILES string of the molecule is C=C(N)c1ccc(CNC(=O)CN2CCCCC(NSP(C)c3ccc4c(c3)CCO4)C2=O)s1. The lowest BCUT2D eigenvalue weighted by Crippen LogP contribution is -2.47. The standard InChI is InChI=1S/C24H31N4O3PS2/c1-16(25)22-9-7-19(33-22)14-26-23(29)15-28-11-4-3-5-20(24(28)30)27-34-32(2)18-6-8-21-17(13-18)10-12-31-21/h6-9,13,20,27H,1,3-5,10-12,14-15,25H2,2H3,(H,26,29). The van der Waals surface area contributed by atoms with E-state index in [1.807, 2.05) is 12.1 Å². The number of thiophene rings is 1. The number of fused-ring (bicyclic) bond motifs is 1. The van der Waals surface area contributed by atoms with Gasteiger partial charge >= 0.3 is 0 Å². The normalized spacial score (nSPS) is 18.7. The molecule has 0 saturated carbocycles. The highest BCUT2D eigenvalue weighted by molar-refractivity contribution is 8.56. The zero-order valence-electron chi connectivity index (χ0n) is 19.3. The fourth-order valence-electron chi connectivity index (χ4n) is 4.00. The molecule has 0 radical (unpaired) electrons. The van der Waals surface area contributed by atoms with Crippen molar-refractivity contribution in [2.75, 3.05) is 26.4 Å². The van der Waals surface area contributed by atoms with Gasteiger partial charge in [-0.1, -0.05) is 6.58 Å². The molecule has 1 aromatic heterocycles. The highest BCUT2D eigenvalue weighted by atomic mass is 32.7. The molecule has 0 aliphatic carbocycles. The Bertz CT molecular complexity index is 1060. The molecule has 2 aliphatic heterocycles. The van der Waals surface area contributed by atoms with E-state index in [9.17, 15) is 9.59 Å². The molecule has 182 valence electrons. The Morgan fingerprint density at radius 3 is 3.00 bits per heavy atom. The summed E-state index contributed by atoms with van der Waals surface area (Å²) in [4.78, 5) is 29.3.